The van der Waals surface area contributed by atoms with E-state index in [9.17, 15) is 4.79 Å². The molecule has 0 unspecified atom stereocenters. The molecule has 0 heterocycles. The first-order chi connectivity index (χ1) is 9.00. The Morgan fingerprint density at radius 2 is 2.16 bits per heavy atom. The van der Waals surface area contributed by atoms with Crippen LogP contribution in [0.15, 0.2) is 22.7 Å². The van der Waals surface area contributed by atoms with Crippen molar-refractivity contribution in [2.45, 2.75) is 32.8 Å². The Morgan fingerprint density at radius 1 is 1.42 bits per heavy atom. The van der Waals surface area contributed by atoms with E-state index >= 15 is 0 Å². The molecule has 1 rings (SSSR count). The number of carbonyl (C=O) groups is 1. The molecule has 0 aliphatic rings. The minimum Gasteiger partial charge on any atom is -0.379 e. The Morgan fingerprint density at radius 3 is 2.79 bits per heavy atom. The number of amides is 1. The summed E-state index contributed by atoms with van der Waals surface area (Å²) < 4.78 is 6.14. The maximum atomic E-state index is 11.9. The summed E-state index contributed by atoms with van der Waals surface area (Å²) in [5.41, 5.74) is 0.600. The molecule has 1 aromatic carbocycles. The number of hydrogen-bond acceptors (Lipinski definition) is 2. The highest BCUT2D eigenvalue weighted by atomic mass is 79.9. The van der Waals surface area contributed by atoms with Gasteiger partial charge >= 0.3 is 0 Å². The number of benzene rings is 1. The van der Waals surface area contributed by atoms with Crippen LogP contribution in [0.1, 0.15) is 37.0 Å². The highest BCUT2D eigenvalue weighted by Gasteiger charge is 2.09. The lowest BCUT2D eigenvalue weighted by molar-refractivity contribution is 0.0754. The van der Waals surface area contributed by atoms with Gasteiger partial charge in [-0.3, -0.25) is 4.79 Å². The summed E-state index contributed by atoms with van der Waals surface area (Å²) >= 11 is 9.17. The molecule has 3 nitrogen and oxygen atoms in total. The average molecular weight is 349 g/mol. The zero-order valence-electron chi connectivity index (χ0n) is 11.2. The molecule has 0 bridgehead atoms. The van der Waals surface area contributed by atoms with Crippen LogP contribution in [0, 0.1) is 0 Å². The molecule has 106 valence electrons. The van der Waals surface area contributed by atoms with Crippen molar-refractivity contribution >= 4 is 33.4 Å². The molecular formula is C14H19BrClNO2. The largest absolute Gasteiger partial charge is 0.379 e. The van der Waals surface area contributed by atoms with Gasteiger partial charge in [0.2, 0.25) is 0 Å². The Bertz CT molecular complexity index is 424. The molecular weight excluding hydrogens is 330 g/mol. The Kier molecular flexibility index (Phi) is 7.42. The van der Waals surface area contributed by atoms with E-state index in [0.717, 1.165) is 19.4 Å². The van der Waals surface area contributed by atoms with Crippen molar-refractivity contribution < 1.29 is 9.53 Å². The van der Waals surface area contributed by atoms with Crippen LogP contribution in [-0.2, 0) is 4.74 Å². The Labute approximate surface area is 127 Å². The molecule has 0 spiro atoms. The fourth-order valence-electron chi connectivity index (χ4n) is 1.52. The van der Waals surface area contributed by atoms with E-state index in [1.807, 2.05) is 13.8 Å². The molecule has 0 atom stereocenters. The smallest absolute Gasteiger partial charge is 0.252 e. The second-order valence-corrected chi connectivity index (χ2v) is 5.80. The highest BCUT2D eigenvalue weighted by molar-refractivity contribution is 9.10. The maximum Gasteiger partial charge on any atom is 0.252 e. The molecule has 0 saturated carbocycles. The van der Waals surface area contributed by atoms with Crippen molar-refractivity contribution in [1.29, 1.82) is 0 Å². The third-order valence-corrected chi connectivity index (χ3v) is 3.37. The van der Waals surface area contributed by atoms with Gasteiger partial charge in [-0.15, -0.1) is 0 Å². The van der Waals surface area contributed by atoms with Gasteiger partial charge in [-0.05, 0) is 60.8 Å². The van der Waals surface area contributed by atoms with Crippen molar-refractivity contribution in [2.24, 2.45) is 0 Å². The van der Waals surface area contributed by atoms with Crippen LogP contribution in [0.5, 0.6) is 0 Å². The summed E-state index contributed by atoms with van der Waals surface area (Å²) in [5.74, 6) is -0.0895. The van der Waals surface area contributed by atoms with Gasteiger partial charge in [-0.25, -0.2) is 0 Å². The van der Waals surface area contributed by atoms with E-state index in [2.05, 4.69) is 21.2 Å². The van der Waals surface area contributed by atoms with Crippen molar-refractivity contribution in [3.05, 3.63) is 33.3 Å². The third-order valence-electron chi connectivity index (χ3n) is 2.48. The first-order valence-corrected chi connectivity index (χ1v) is 7.52. The summed E-state index contributed by atoms with van der Waals surface area (Å²) in [6, 6.07) is 5.13. The van der Waals surface area contributed by atoms with Crippen molar-refractivity contribution in [3.63, 3.8) is 0 Å². The summed E-state index contributed by atoms with van der Waals surface area (Å²) in [6.07, 6.45) is 2.11. The molecule has 1 amide bonds. The van der Waals surface area contributed by atoms with Crippen molar-refractivity contribution in [3.8, 4) is 0 Å². The number of hydrogen-bond donors (Lipinski definition) is 1. The first-order valence-electron chi connectivity index (χ1n) is 6.35. The fourth-order valence-corrected chi connectivity index (χ4v) is 2.38. The van der Waals surface area contributed by atoms with E-state index in [4.69, 9.17) is 16.3 Å². The summed E-state index contributed by atoms with van der Waals surface area (Å²) in [4.78, 5) is 11.9. The predicted octanol–water partition coefficient (Wildman–Crippen LogP) is 4.04. The normalized spacial score (nSPS) is 10.8. The maximum absolute atomic E-state index is 11.9. The third kappa shape index (κ3) is 6.41. The molecule has 0 aliphatic carbocycles. The van der Waals surface area contributed by atoms with Crippen LogP contribution >= 0.6 is 27.5 Å². The Hall–Kier alpha value is -0.580. The lowest BCUT2D eigenvalue weighted by Gasteiger charge is -2.09. The van der Waals surface area contributed by atoms with Crippen molar-refractivity contribution in [2.75, 3.05) is 13.2 Å². The number of ether oxygens (including phenoxy) is 1. The molecule has 0 aromatic heterocycles. The van der Waals surface area contributed by atoms with Gasteiger partial charge in [0.05, 0.1) is 11.7 Å². The van der Waals surface area contributed by atoms with Gasteiger partial charge in [-0.1, -0.05) is 11.6 Å². The average Bonchev–Trinajstić information content (AvgIpc) is 2.32. The van der Waals surface area contributed by atoms with Crippen LogP contribution < -0.4 is 5.32 Å². The molecule has 19 heavy (non-hydrogen) atoms. The van der Waals surface area contributed by atoms with Crippen LogP contribution in [0.3, 0.4) is 0 Å². The monoisotopic (exact) mass is 347 g/mol. The van der Waals surface area contributed by atoms with Crippen LogP contribution in [0.25, 0.3) is 0 Å². The summed E-state index contributed by atoms with van der Waals surface area (Å²) in [6.45, 7) is 5.41. The standard InChI is InChI=1S/C14H19BrClNO2/c1-10(2)19-8-4-3-7-17-14(18)12-6-5-11(16)9-13(12)15/h5-6,9-10H,3-4,7-8H2,1-2H3,(H,17,18). The van der Waals surface area contributed by atoms with Gasteiger partial charge < -0.3 is 10.1 Å². The molecule has 0 radical (unpaired) electrons. The van der Waals surface area contributed by atoms with Crippen LogP contribution in [-0.4, -0.2) is 25.2 Å². The van der Waals surface area contributed by atoms with Gasteiger partial charge in [0.25, 0.3) is 5.91 Å². The second kappa shape index (κ2) is 8.56. The van der Waals surface area contributed by atoms with E-state index in [1.165, 1.54) is 0 Å². The minimum absolute atomic E-state index is 0.0895. The van der Waals surface area contributed by atoms with Crippen molar-refractivity contribution in [1.82, 2.24) is 5.32 Å². The van der Waals surface area contributed by atoms with Gasteiger partial charge in [0.1, 0.15) is 0 Å². The number of carbonyl (C=O) groups excluding carboxylic acids is 1. The number of rotatable bonds is 7. The molecule has 5 heteroatoms. The van der Waals surface area contributed by atoms with Crippen LogP contribution in [0.2, 0.25) is 5.02 Å². The quantitative estimate of drug-likeness (QED) is 0.755. The molecule has 0 aliphatic heterocycles. The van der Waals surface area contributed by atoms with E-state index in [-0.39, 0.29) is 12.0 Å². The summed E-state index contributed by atoms with van der Waals surface area (Å²) in [7, 11) is 0. The zero-order valence-corrected chi connectivity index (χ0v) is 13.6. The number of halogens is 2. The topological polar surface area (TPSA) is 38.3 Å². The molecule has 0 fully saturated rings. The minimum atomic E-state index is -0.0895. The fraction of sp³-hybridized carbons (Fsp3) is 0.500. The molecule has 0 saturated heterocycles. The van der Waals surface area contributed by atoms with Gasteiger partial charge in [0, 0.05) is 22.6 Å². The van der Waals surface area contributed by atoms with E-state index in [1.54, 1.807) is 18.2 Å². The van der Waals surface area contributed by atoms with Gasteiger partial charge in [-0.2, -0.15) is 0 Å². The van der Waals surface area contributed by atoms with Crippen LogP contribution in [0.4, 0.5) is 0 Å². The highest BCUT2D eigenvalue weighted by Crippen LogP contribution is 2.21. The SMILES string of the molecule is CC(C)OCCCCNC(=O)c1ccc(Cl)cc1Br. The van der Waals surface area contributed by atoms with E-state index in [0.29, 0.717) is 21.6 Å². The lowest BCUT2D eigenvalue weighted by Crippen LogP contribution is -2.25. The molecule has 1 aromatic rings. The molecule has 1 N–H and O–H groups in total. The second-order valence-electron chi connectivity index (χ2n) is 4.51. The van der Waals surface area contributed by atoms with Gasteiger partial charge in [0.15, 0.2) is 0 Å². The number of nitrogens with one attached hydrogen (secondary N) is 1. The zero-order chi connectivity index (χ0) is 14.3. The summed E-state index contributed by atoms with van der Waals surface area (Å²) in [5, 5.41) is 3.49. The lowest BCUT2D eigenvalue weighted by atomic mass is 10.2. The number of unbranched alkanes of at least 4 members (excludes halogenated alkanes) is 1. The Balaban J connectivity index is 2.28. The predicted molar refractivity (Wildman–Crippen MR) is 81.8 cm³/mol. The first kappa shape index (κ1) is 16.5. The van der Waals surface area contributed by atoms with E-state index < -0.39 is 0 Å².